The molecule has 1 aromatic carbocycles. The molecule has 0 unspecified atom stereocenters. The smallest absolute Gasteiger partial charge is 0.314 e. The third-order valence-corrected chi connectivity index (χ3v) is 6.09. The van der Waals surface area contributed by atoms with Gasteiger partial charge in [-0.3, -0.25) is 9.59 Å². The molecule has 1 amide bonds. The first kappa shape index (κ1) is 17.5. The third kappa shape index (κ3) is 3.14. The Kier molecular flexibility index (Phi) is 4.53. The highest BCUT2D eigenvalue weighted by molar-refractivity contribution is 7.16. The highest BCUT2D eigenvalue weighted by Crippen LogP contribution is 2.36. The first-order valence-corrected chi connectivity index (χ1v) is 9.50. The lowest BCUT2D eigenvalue weighted by atomic mass is 9.73. The molecule has 1 N–H and O–H groups in total. The Hall–Kier alpha value is -2.93. The van der Waals surface area contributed by atoms with Crippen LogP contribution < -0.4 is 0 Å². The summed E-state index contributed by atoms with van der Waals surface area (Å²) in [5, 5.41) is 10.5. The lowest BCUT2D eigenvalue weighted by Gasteiger charge is -2.39. The lowest BCUT2D eigenvalue weighted by Crippen LogP contribution is -2.49. The SMILES string of the molecule is O=C(c1cnc(-c2ccco2)s1)N1CCC(C(=O)O)(c2ccccc2)CC1. The number of carbonyl (C=O) groups excluding carboxylic acids is 1. The fourth-order valence-corrected chi connectivity index (χ4v) is 4.37. The Morgan fingerprint density at radius 3 is 2.48 bits per heavy atom. The molecular weight excluding hydrogens is 364 g/mol. The topological polar surface area (TPSA) is 83.6 Å². The molecule has 7 heteroatoms. The van der Waals surface area contributed by atoms with E-state index in [1.165, 1.54) is 11.3 Å². The zero-order valence-corrected chi connectivity index (χ0v) is 15.3. The number of amides is 1. The number of furan rings is 1. The molecule has 4 rings (SSSR count). The summed E-state index contributed by atoms with van der Waals surface area (Å²) >= 11 is 1.28. The van der Waals surface area contributed by atoms with Crippen molar-refractivity contribution in [2.75, 3.05) is 13.1 Å². The molecule has 6 nitrogen and oxygen atoms in total. The second-order valence-electron chi connectivity index (χ2n) is 6.55. The summed E-state index contributed by atoms with van der Waals surface area (Å²) in [6, 6.07) is 12.9. The molecule has 27 heavy (non-hydrogen) atoms. The number of carboxylic acids is 1. The van der Waals surface area contributed by atoms with E-state index in [2.05, 4.69) is 4.98 Å². The zero-order valence-electron chi connectivity index (χ0n) is 14.5. The fourth-order valence-electron chi connectivity index (χ4n) is 3.52. The maximum Gasteiger partial charge on any atom is 0.314 e. The van der Waals surface area contributed by atoms with E-state index < -0.39 is 11.4 Å². The quantitative estimate of drug-likeness (QED) is 0.744. The summed E-state index contributed by atoms with van der Waals surface area (Å²) in [4.78, 5) is 31.4. The van der Waals surface area contributed by atoms with E-state index in [9.17, 15) is 14.7 Å². The summed E-state index contributed by atoms with van der Waals surface area (Å²) in [6.07, 6.45) is 3.91. The highest BCUT2D eigenvalue weighted by atomic mass is 32.1. The Morgan fingerprint density at radius 2 is 1.85 bits per heavy atom. The maximum absolute atomic E-state index is 12.8. The van der Waals surface area contributed by atoms with E-state index in [1.54, 1.807) is 29.5 Å². The minimum atomic E-state index is -0.939. The number of rotatable bonds is 4. The van der Waals surface area contributed by atoms with Crippen LogP contribution >= 0.6 is 11.3 Å². The van der Waals surface area contributed by atoms with Crippen LogP contribution in [0.15, 0.2) is 59.3 Å². The minimum Gasteiger partial charge on any atom is -0.481 e. The van der Waals surface area contributed by atoms with Crippen molar-refractivity contribution in [2.24, 2.45) is 0 Å². The summed E-state index contributed by atoms with van der Waals surface area (Å²) in [5.74, 6) is -0.317. The van der Waals surface area contributed by atoms with Gasteiger partial charge in [0.1, 0.15) is 4.88 Å². The Labute approximate surface area is 160 Å². The van der Waals surface area contributed by atoms with Crippen LogP contribution in [0.4, 0.5) is 0 Å². The number of aliphatic carboxylic acids is 1. The second kappa shape index (κ2) is 7.00. The molecule has 0 radical (unpaired) electrons. The predicted molar refractivity (Wildman–Crippen MR) is 101 cm³/mol. The monoisotopic (exact) mass is 382 g/mol. The van der Waals surface area contributed by atoms with E-state index in [-0.39, 0.29) is 5.91 Å². The normalized spacial score (nSPS) is 16.2. The van der Waals surface area contributed by atoms with Crippen LogP contribution in [0.5, 0.6) is 0 Å². The van der Waals surface area contributed by atoms with E-state index in [1.807, 2.05) is 30.3 Å². The molecule has 3 aromatic rings. The number of thiazole rings is 1. The first-order chi connectivity index (χ1) is 13.1. The van der Waals surface area contributed by atoms with Crippen molar-refractivity contribution in [1.29, 1.82) is 0 Å². The first-order valence-electron chi connectivity index (χ1n) is 8.68. The zero-order chi connectivity index (χ0) is 18.9. The molecule has 1 aliphatic rings. The van der Waals surface area contributed by atoms with Gasteiger partial charge in [-0.25, -0.2) is 4.98 Å². The summed E-state index contributed by atoms with van der Waals surface area (Å²) in [6.45, 7) is 0.794. The number of benzene rings is 1. The third-order valence-electron chi connectivity index (χ3n) is 5.09. The van der Waals surface area contributed by atoms with Crippen molar-refractivity contribution >= 4 is 23.2 Å². The number of aromatic nitrogens is 1. The van der Waals surface area contributed by atoms with Crippen LogP contribution in [0, 0.1) is 0 Å². The van der Waals surface area contributed by atoms with Gasteiger partial charge in [-0.15, -0.1) is 11.3 Å². The van der Waals surface area contributed by atoms with E-state index in [0.29, 0.717) is 41.6 Å². The van der Waals surface area contributed by atoms with Gasteiger partial charge >= 0.3 is 5.97 Å². The van der Waals surface area contributed by atoms with E-state index >= 15 is 0 Å². The van der Waals surface area contributed by atoms with Crippen molar-refractivity contribution in [3.05, 3.63) is 65.4 Å². The number of likely N-dealkylation sites (tertiary alicyclic amines) is 1. The van der Waals surface area contributed by atoms with Crippen LogP contribution in [0.2, 0.25) is 0 Å². The Morgan fingerprint density at radius 1 is 1.11 bits per heavy atom. The number of nitrogens with zero attached hydrogens (tertiary/aromatic N) is 2. The predicted octanol–water partition coefficient (Wildman–Crippen LogP) is 3.66. The minimum absolute atomic E-state index is 0.114. The number of carbonyl (C=O) groups is 2. The average molecular weight is 382 g/mol. The van der Waals surface area contributed by atoms with Crippen LogP contribution in [-0.2, 0) is 10.2 Å². The van der Waals surface area contributed by atoms with Crippen molar-refractivity contribution in [2.45, 2.75) is 18.3 Å². The molecule has 1 fully saturated rings. The molecule has 138 valence electrons. The van der Waals surface area contributed by atoms with Crippen LogP contribution in [-0.4, -0.2) is 40.0 Å². The standard InChI is InChI=1S/C20H18N2O4S/c23-18(16-13-21-17(27-16)15-7-4-12-26-15)22-10-8-20(9-11-22,19(24)25)14-5-2-1-3-6-14/h1-7,12-13H,8-11H2,(H,24,25). The number of piperidine rings is 1. The number of hydrogen-bond donors (Lipinski definition) is 1. The molecular formula is C20H18N2O4S. The van der Waals surface area contributed by atoms with Crippen molar-refractivity contribution in [1.82, 2.24) is 9.88 Å². The van der Waals surface area contributed by atoms with Gasteiger partial charge in [0.2, 0.25) is 0 Å². The van der Waals surface area contributed by atoms with Crippen LogP contribution in [0.3, 0.4) is 0 Å². The molecule has 0 spiro atoms. The van der Waals surface area contributed by atoms with Gasteiger partial charge in [0.05, 0.1) is 17.9 Å². The average Bonchev–Trinajstić information content (AvgIpc) is 3.39. The van der Waals surface area contributed by atoms with Crippen LogP contribution in [0.1, 0.15) is 28.1 Å². The molecule has 1 saturated heterocycles. The van der Waals surface area contributed by atoms with E-state index in [4.69, 9.17) is 4.42 Å². The van der Waals surface area contributed by atoms with E-state index in [0.717, 1.165) is 5.56 Å². The molecule has 0 saturated carbocycles. The number of carboxylic acid groups (broad SMARTS) is 1. The molecule has 3 heterocycles. The van der Waals surface area contributed by atoms with Gasteiger partial charge in [0, 0.05) is 13.1 Å². The molecule has 0 atom stereocenters. The second-order valence-corrected chi connectivity index (χ2v) is 7.58. The summed E-state index contributed by atoms with van der Waals surface area (Å²) in [7, 11) is 0. The molecule has 0 aliphatic carbocycles. The fraction of sp³-hybridized carbons (Fsp3) is 0.250. The molecule has 1 aliphatic heterocycles. The van der Waals surface area contributed by atoms with Gasteiger partial charge in [-0.05, 0) is 30.5 Å². The highest BCUT2D eigenvalue weighted by Gasteiger charge is 2.44. The molecule has 0 bridgehead atoms. The largest absolute Gasteiger partial charge is 0.481 e. The summed E-state index contributed by atoms with van der Waals surface area (Å²) < 4.78 is 5.32. The number of hydrogen-bond acceptors (Lipinski definition) is 5. The van der Waals surface area contributed by atoms with Crippen molar-refractivity contribution in [3.63, 3.8) is 0 Å². The lowest BCUT2D eigenvalue weighted by molar-refractivity contribution is -0.145. The van der Waals surface area contributed by atoms with Crippen molar-refractivity contribution in [3.8, 4) is 10.8 Å². The van der Waals surface area contributed by atoms with Gasteiger partial charge < -0.3 is 14.4 Å². The van der Waals surface area contributed by atoms with Crippen molar-refractivity contribution < 1.29 is 19.1 Å². The maximum atomic E-state index is 12.8. The Bertz CT molecular complexity index is 942. The van der Waals surface area contributed by atoms with Gasteiger partial charge in [0.15, 0.2) is 10.8 Å². The van der Waals surface area contributed by atoms with Gasteiger partial charge in [-0.1, -0.05) is 30.3 Å². The van der Waals surface area contributed by atoms with Crippen LogP contribution in [0.25, 0.3) is 10.8 Å². The molecule has 2 aromatic heterocycles. The van der Waals surface area contributed by atoms with Gasteiger partial charge in [-0.2, -0.15) is 0 Å². The summed E-state index contributed by atoms with van der Waals surface area (Å²) in [5.41, 5.74) is -0.145. The van der Waals surface area contributed by atoms with Gasteiger partial charge in [0.25, 0.3) is 5.91 Å². The Balaban J connectivity index is 1.50.